The number of carbonyl (C=O) groups excluding carboxylic acids is 3. The number of hydrogen-bond acceptors (Lipinski definition) is 6. The number of H-pyrrole nitrogens is 1. The Morgan fingerprint density at radius 2 is 1.84 bits per heavy atom. The molecule has 0 radical (unpaired) electrons. The van der Waals surface area contributed by atoms with E-state index in [-0.39, 0.29) is 17.9 Å². The average Bonchev–Trinajstić information content (AvgIpc) is 3.37. The number of benzene rings is 2. The summed E-state index contributed by atoms with van der Waals surface area (Å²) in [4.78, 5) is 49.1. The number of aryl methyl sites for hydroxylation is 1. The van der Waals surface area contributed by atoms with E-state index >= 15 is 0 Å². The molecule has 1 aliphatic heterocycles. The van der Waals surface area contributed by atoms with Gasteiger partial charge in [0.2, 0.25) is 11.8 Å². The van der Waals surface area contributed by atoms with Crippen LogP contribution in [0.1, 0.15) is 42.3 Å². The van der Waals surface area contributed by atoms with E-state index in [4.69, 9.17) is 4.74 Å². The molecular weight excluding hydrogens is 542 g/mol. The number of nitrogens with zero attached hydrogens (tertiary/aromatic N) is 3. The molecule has 1 fully saturated rings. The minimum absolute atomic E-state index is 0.116. The topological polar surface area (TPSA) is 108 Å². The van der Waals surface area contributed by atoms with Crippen molar-refractivity contribution in [2.24, 2.45) is 0 Å². The molecule has 9 nitrogen and oxygen atoms in total. The van der Waals surface area contributed by atoms with E-state index in [1.54, 1.807) is 6.92 Å². The van der Waals surface area contributed by atoms with E-state index in [0.29, 0.717) is 16.9 Å². The molecule has 5 rings (SSSR count). The number of piperazine rings is 1. The third-order valence-corrected chi connectivity index (χ3v) is 7.64. The maximum absolute atomic E-state index is 12.8. The number of hydrogen-bond donors (Lipinski definition) is 2. The van der Waals surface area contributed by atoms with E-state index in [0.717, 1.165) is 71.6 Å². The van der Waals surface area contributed by atoms with Crippen molar-refractivity contribution in [2.75, 3.05) is 31.5 Å². The van der Waals surface area contributed by atoms with Crippen LogP contribution in [0.5, 0.6) is 0 Å². The normalized spacial score (nSPS) is 13.7. The van der Waals surface area contributed by atoms with E-state index in [2.05, 4.69) is 38.9 Å². The van der Waals surface area contributed by atoms with Crippen molar-refractivity contribution in [3.05, 3.63) is 84.1 Å². The smallest absolute Gasteiger partial charge is 0.339 e. The molecule has 2 aromatic carbocycles. The second kappa shape index (κ2) is 12.6. The summed E-state index contributed by atoms with van der Waals surface area (Å²) >= 11 is 0. The van der Waals surface area contributed by atoms with Crippen molar-refractivity contribution in [1.82, 2.24) is 19.8 Å². The molecule has 222 valence electrons. The molecule has 4 aromatic rings. The van der Waals surface area contributed by atoms with Crippen molar-refractivity contribution < 1.29 is 19.1 Å². The molecule has 0 atom stereocenters. The number of ether oxygens (including phenoxy) is 1. The molecule has 43 heavy (non-hydrogen) atoms. The molecular formula is C34H37N5O4. The van der Waals surface area contributed by atoms with Crippen molar-refractivity contribution in [3.63, 3.8) is 0 Å². The SMILES string of the molecule is C=CC(=O)Nc1cc(-c2c(-c3cccc(CN4CCN(C(C)=O)CC4)c3)[nH]c3ncc(C(=O)OC(C)C)cc23)ccc1C. The largest absolute Gasteiger partial charge is 0.459 e. The van der Waals surface area contributed by atoms with Gasteiger partial charge in [-0.3, -0.25) is 14.5 Å². The van der Waals surface area contributed by atoms with Gasteiger partial charge in [-0.1, -0.05) is 36.9 Å². The van der Waals surface area contributed by atoms with Crippen molar-refractivity contribution >= 4 is 34.5 Å². The van der Waals surface area contributed by atoms with Crippen LogP contribution in [-0.4, -0.2) is 69.8 Å². The molecule has 0 bridgehead atoms. The zero-order valence-electron chi connectivity index (χ0n) is 25.1. The van der Waals surface area contributed by atoms with Gasteiger partial charge in [0.25, 0.3) is 0 Å². The quantitative estimate of drug-likeness (QED) is 0.209. The summed E-state index contributed by atoms with van der Waals surface area (Å²) in [6.07, 6.45) is 2.51. The first-order valence-electron chi connectivity index (χ1n) is 14.5. The Bertz CT molecular complexity index is 1700. The van der Waals surface area contributed by atoms with Crippen molar-refractivity contribution in [1.29, 1.82) is 0 Å². The van der Waals surface area contributed by atoms with Gasteiger partial charge in [0.1, 0.15) is 5.65 Å². The first kappa shape index (κ1) is 29.7. The zero-order valence-corrected chi connectivity index (χ0v) is 25.1. The Morgan fingerprint density at radius 3 is 2.53 bits per heavy atom. The number of amides is 2. The molecule has 0 unspecified atom stereocenters. The molecule has 0 aliphatic carbocycles. The second-order valence-corrected chi connectivity index (χ2v) is 11.2. The number of rotatable bonds is 8. The summed E-state index contributed by atoms with van der Waals surface area (Å²) in [5.74, 6) is -0.616. The molecule has 1 saturated heterocycles. The Labute approximate surface area is 251 Å². The van der Waals surface area contributed by atoms with E-state index in [9.17, 15) is 14.4 Å². The van der Waals surface area contributed by atoms with E-state index in [1.165, 1.54) is 12.3 Å². The molecule has 3 heterocycles. The molecule has 2 amide bonds. The van der Waals surface area contributed by atoms with Gasteiger partial charge in [-0.25, -0.2) is 9.78 Å². The van der Waals surface area contributed by atoms with Crippen LogP contribution in [0, 0.1) is 6.92 Å². The van der Waals surface area contributed by atoms with E-state index < -0.39 is 5.97 Å². The zero-order chi connectivity index (χ0) is 30.7. The van der Waals surface area contributed by atoms with Crippen LogP contribution in [0.3, 0.4) is 0 Å². The molecule has 0 spiro atoms. The minimum atomic E-state index is -0.437. The van der Waals surface area contributed by atoms with Crippen molar-refractivity contribution in [2.45, 2.75) is 40.3 Å². The first-order chi connectivity index (χ1) is 20.6. The van der Waals surface area contributed by atoms with Crippen LogP contribution in [0.4, 0.5) is 5.69 Å². The van der Waals surface area contributed by atoms with Crippen LogP contribution in [-0.2, 0) is 20.9 Å². The van der Waals surface area contributed by atoms with Crippen LogP contribution < -0.4 is 5.32 Å². The summed E-state index contributed by atoms with van der Waals surface area (Å²) in [6.45, 7) is 14.6. The Kier molecular flexibility index (Phi) is 8.73. The van der Waals surface area contributed by atoms with Gasteiger partial charge in [-0.15, -0.1) is 0 Å². The molecule has 2 aromatic heterocycles. The first-order valence-corrected chi connectivity index (χ1v) is 14.5. The van der Waals surface area contributed by atoms with Gasteiger partial charge in [-0.05, 0) is 67.3 Å². The maximum atomic E-state index is 12.8. The van der Waals surface area contributed by atoms with Crippen LogP contribution in [0.15, 0.2) is 67.4 Å². The maximum Gasteiger partial charge on any atom is 0.339 e. The van der Waals surface area contributed by atoms with Gasteiger partial charge in [0, 0.05) is 62.5 Å². The highest BCUT2D eigenvalue weighted by atomic mass is 16.5. The highest BCUT2D eigenvalue weighted by Gasteiger charge is 2.22. The van der Waals surface area contributed by atoms with Crippen LogP contribution >= 0.6 is 0 Å². The summed E-state index contributed by atoms with van der Waals surface area (Å²) in [6, 6.07) is 16.1. The van der Waals surface area contributed by atoms with Crippen molar-refractivity contribution in [3.8, 4) is 22.4 Å². The fraction of sp³-hybridized carbons (Fsp3) is 0.294. The molecule has 1 aliphatic rings. The predicted octanol–water partition coefficient (Wildman–Crippen LogP) is 5.56. The summed E-state index contributed by atoms with van der Waals surface area (Å²) < 4.78 is 5.45. The third-order valence-electron chi connectivity index (χ3n) is 7.64. The van der Waals surface area contributed by atoms with Gasteiger partial charge in [0.05, 0.1) is 17.4 Å². The highest BCUT2D eigenvalue weighted by Crippen LogP contribution is 2.40. The molecule has 9 heteroatoms. The molecule has 2 N–H and O–H groups in total. The summed E-state index contributed by atoms with van der Waals surface area (Å²) in [7, 11) is 0. The lowest BCUT2D eigenvalue weighted by atomic mass is 9.96. The van der Waals surface area contributed by atoms with Crippen LogP contribution in [0.25, 0.3) is 33.4 Å². The fourth-order valence-corrected chi connectivity index (χ4v) is 5.38. The average molecular weight is 580 g/mol. The highest BCUT2D eigenvalue weighted by molar-refractivity contribution is 6.06. The molecule has 0 saturated carbocycles. The predicted molar refractivity (Wildman–Crippen MR) is 169 cm³/mol. The number of aromatic nitrogens is 2. The van der Waals surface area contributed by atoms with Crippen LogP contribution in [0.2, 0.25) is 0 Å². The standard InChI is InChI=1S/C34H37N5O4/c1-6-30(41)36-29-18-25(11-10-22(29)4)31-28-17-27(34(42)43-21(2)3)19-35-33(28)37-32(31)26-9-7-8-24(16-26)20-38-12-14-39(15-13-38)23(5)40/h6-11,16-19,21H,1,12-15,20H2,2-5H3,(H,35,37)(H,36,41). The fourth-order valence-electron chi connectivity index (χ4n) is 5.38. The minimum Gasteiger partial charge on any atom is -0.459 e. The third kappa shape index (κ3) is 6.67. The monoisotopic (exact) mass is 579 g/mol. The Morgan fingerprint density at radius 1 is 1.07 bits per heavy atom. The number of esters is 1. The van der Waals surface area contributed by atoms with Gasteiger partial charge >= 0.3 is 5.97 Å². The van der Waals surface area contributed by atoms with Gasteiger partial charge < -0.3 is 19.9 Å². The Hall–Kier alpha value is -4.76. The second-order valence-electron chi connectivity index (χ2n) is 11.2. The summed E-state index contributed by atoms with van der Waals surface area (Å²) in [5, 5.41) is 3.67. The van der Waals surface area contributed by atoms with Gasteiger partial charge in [0.15, 0.2) is 0 Å². The lowest BCUT2D eigenvalue weighted by Crippen LogP contribution is -2.47. The lowest BCUT2D eigenvalue weighted by Gasteiger charge is -2.34. The Balaban J connectivity index is 1.58. The van der Waals surface area contributed by atoms with E-state index in [1.807, 2.05) is 62.1 Å². The number of carbonyl (C=O) groups is 3. The number of aromatic amines is 1. The number of fused-ring (bicyclic) bond motifs is 1. The lowest BCUT2D eigenvalue weighted by molar-refractivity contribution is -0.130. The number of anilines is 1. The number of nitrogens with one attached hydrogen (secondary N) is 2. The van der Waals surface area contributed by atoms with Gasteiger partial charge in [-0.2, -0.15) is 0 Å². The summed E-state index contributed by atoms with van der Waals surface area (Å²) in [5.41, 5.74) is 7.26. The number of pyridine rings is 1.